The monoisotopic (exact) mass is 373 g/mol. The van der Waals surface area contributed by atoms with Gasteiger partial charge in [0.2, 0.25) is 0 Å². The van der Waals surface area contributed by atoms with Crippen LogP contribution in [0.25, 0.3) is 10.9 Å². The highest BCUT2D eigenvalue weighted by Gasteiger charge is 2.09. The molecule has 1 aromatic heterocycles. The lowest BCUT2D eigenvalue weighted by molar-refractivity contribution is 0.252. The number of aryl methyl sites for hydroxylation is 3. The molecule has 1 heterocycles. The molecule has 6 heteroatoms. The van der Waals surface area contributed by atoms with Crippen LogP contribution in [0.5, 0.6) is 0 Å². The van der Waals surface area contributed by atoms with Crippen LogP contribution in [-0.2, 0) is 0 Å². The van der Waals surface area contributed by atoms with Gasteiger partial charge < -0.3 is 16.0 Å². The van der Waals surface area contributed by atoms with Crippen molar-refractivity contribution in [1.29, 1.82) is 5.26 Å². The predicted molar refractivity (Wildman–Crippen MR) is 113 cm³/mol. The maximum atomic E-state index is 12.0. The summed E-state index contributed by atoms with van der Waals surface area (Å²) < 4.78 is 0. The molecular formula is C22H23N5O. The van der Waals surface area contributed by atoms with Gasteiger partial charge >= 0.3 is 6.03 Å². The van der Waals surface area contributed by atoms with Crippen LogP contribution in [-0.4, -0.2) is 24.1 Å². The van der Waals surface area contributed by atoms with Crippen molar-refractivity contribution < 1.29 is 4.79 Å². The standard InChI is InChI=1S/C22H23N5O/c1-14-10-16(3)18-12-17(13-23)21(26-20(18)11-14)24-8-9-25-22(28)27-19-7-5-4-6-15(19)2/h4-7,10-12H,8-9H2,1-3H3,(H,24,26)(H2,25,27,28). The Morgan fingerprint density at radius 2 is 1.86 bits per heavy atom. The van der Waals surface area contributed by atoms with Crippen LogP contribution in [0.15, 0.2) is 42.5 Å². The van der Waals surface area contributed by atoms with Crippen LogP contribution in [0.3, 0.4) is 0 Å². The largest absolute Gasteiger partial charge is 0.367 e. The van der Waals surface area contributed by atoms with Crippen LogP contribution in [0.2, 0.25) is 0 Å². The van der Waals surface area contributed by atoms with Gasteiger partial charge in [0.05, 0.1) is 11.1 Å². The van der Waals surface area contributed by atoms with Crippen molar-refractivity contribution in [3.8, 4) is 6.07 Å². The maximum absolute atomic E-state index is 12.0. The summed E-state index contributed by atoms with van der Waals surface area (Å²) >= 11 is 0. The molecule has 2 amide bonds. The first kappa shape index (κ1) is 19.2. The lowest BCUT2D eigenvalue weighted by atomic mass is 10.0. The van der Waals surface area contributed by atoms with Crippen LogP contribution in [0.4, 0.5) is 16.3 Å². The number of urea groups is 1. The molecule has 3 N–H and O–H groups in total. The molecule has 0 saturated carbocycles. The second-order valence-corrected chi connectivity index (χ2v) is 6.77. The predicted octanol–water partition coefficient (Wildman–Crippen LogP) is 4.27. The first-order valence-corrected chi connectivity index (χ1v) is 9.14. The Bertz CT molecular complexity index is 1070. The van der Waals surface area contributed by atoms with E-state index in [2.05, 4.69) is 33.1 Å². The van der Waals surface area contributed by atoms with E-state index in [9.17, 15) is 10.1 Å². The zero-order chi connectivity index (χ0) is 20.1. The zero-order valence-electron chi connectivity index (χ0n) is 16.3. The number of nitrogens with one attached hydrogen (secondary N) is 3. The minimum atomic E-state index is -0.269. The molecule has 6 nitrogen and oxygen atoms in total. The first-order chi connectivity index (χ1) is 13.5. The number of nitrogens with zero attached hydrogens (tertiary/aromatic N) is 2. The number of rotatable bonds is 5. The number of hydrogen-bond acceptors (Lipinski definition) is 4. The molecule has 3 rings (SSSR count). The fraction of sp³-hybridized carbons (Fsp3) is 0.227. The number of para-hydroxylation sites is 1. The number of anilines is 2. The van der Waals surface area contributed by atoms with Gasteiger partial charge in [-0.25, -0.2) is 9.78 Å². The summed E-state index contributed by atoms with van der Waals surface area (Å²) in [5.74, 6) is 0.529. The van der Waals surface area contributed by atoms with Crippen molar-refractivity contribution in [3.05, 3.63) is 64.7 Å². The normalized spacial score (nSPS) is 10.4. The Labute approximate surface area is 164 Å². The van der Waals surface area contributed by atoms with E-state index in [0.717, 1.165) is 33.3 Å². The van der Waals surface area contributed by atoms with Crippen molar-refractivity contribution in [2.45, 2.75) is 20.8 Å². The number of hydrogen-bond donors (Lipinski definition) is 3. The maximum Gasteiger partial charge on any atom is 0.319 e. The average molecular weight is 373 g/mol. The van der Waals surface area contributed by atoms with E-state index in [-0.39, 0.29) is 6.03 Å². The zero-order valence-corrected chi connectivity index (χ0v) is 16.3. The van der Waals surface area contributed by atoms with E-state index < -0.39 is 0 Å². The quantitative estimate of drug-likeness (QED) is 0.583. The highest BCUT2D eigenvalue weighted by atomic mass is 16.2. The molecule has 2 aromatic carbocycles. The molecule has 28 heavy (non-hydrogen) atoms. The Morgan fingerprint density at radius 1 is 1.07 bits per heavy atom. The fourth-order valence-corrected chi connectivity index (χ4v) is 3.09. The van der Waals surface area contributed by atoms with Gasteiger partial charge in [-0.15, -0.1) is 0 Å². The minimum absolute atomic E-state index is 0.269. The molecule has 0 unspecified atom stereocenters. The van der Waals surface area contributed by atoms with Gasteiger partial charge in [0.15, 0.2) is 0 Å². The van der Waals surface area contributed by atoms with Gasteiger partial charge in [0.1, 0.15) is 11.9 Å². The van der Waals surface area contributed by atoms with Gasteiger partial charge in [0.25, 0.3) is 0 Å². The third-order valence-electron chi connectivity index (χ3n) is 4.50. The molecule has 0 saturated heterocycles. The summed E-state index contributed by atoms with van der Waals surface area (Å²) in [4.78, 5) is 16.6. The van der Waals surface area contributed by atoms with Crippen molar-refractivity contribution in [2.24, 2.45) is 0 Å². The lowest BCUT2D eigenvalue weighted by Crippen LogP contribution is -2.33. The number of carbonyl (C=O) groups excluding carboxylic acids is 1. The Kier molecular flexibility index (Phi) is 5.75. The summed E-state index contributed by atoms with van der Waals surface area (Å²) in [6.45, 7) is 6.84. The molecule has 0 radical (unpaired) electrons. The van der Waals surface area contributed by atoms with E-state index >= 15 is 0 Å². The number of nitriles is 1. The highest BCUT2D eigenvalue weighted by Crippen LogP contribution is 2.24. The number of benzene rings is 2. The number of carbonyl (C=O) groups is 1. The summed E-state index contributed by atoms with van der Waals surface area (Å²) in [6, 6.07) is 15.5. The summed E-state index contributed by atoms with van der Waals surface area (Å²) in [5.41, 5.74) is 5.35. The number of amides is 2. The van der Waals surface area contributed by atoms with Gasteiger partial charge in [-0.1, -0.05) is 24.3 Å². The molecule has 0 fully saturated rings. The molecule has 0 aliphatic rings. The number of aromatic nitrogens is 1. The van der Waals surface area contributed by atoms with E-state index in [1.165, 1.54) is 0 Å². The van der Waals surface area contributed by atoms with Crippen molar-refractivity contribution in [1.82, 2.24) is 10.3 Å². The molecule has 0 spiro atoms. The second-order valence-electron chi connectivity index (χ2n) is 6.77. The molecule has 0 bridgehead atoms. The van der Waals surface area contributed by atoms with Crippen LogP contribution < -0.4 is 16.0 Å². The third kappa shape index (κ3) is 4.38. The Hall–Kier alpha value is -3.59. The third-order valence-corrected chi connectivity index (χ3v) is 4.50. The van der Waals surface area contributed by atoms with Gasteiger partial charge in [-0.2, -0.15) is 5.26 Å². The first-order valence-electron chi connectivity index (χ1n) is 9.14. The van der Waals surface area contributed by atoms with E-state index in [1.54, 1.807) is 0 Å². The molecule has 0 atom stereocenters. The van der Waals surface area contributed by atoms with Crippen LogP contribution in [0.1, 0.15) is 22.3 Å². The summed E-state index contributed by atoms with van der Waals surface area (Å²) in [5, 5.41) is 19.2. The van der Waals surface area contributed by atoms with Crippen LogP contribution >= 0.6 is 0 Å². The van der Waals surface area contributed by atoms with E-state index in [1.807, 2.05) is 57.2 Å². The van der Waals surface area contributed by atoms with E-state index in [0.29, 0.717) is 24.5 Å². The number of fused-ring (bicyclic) bond motifs is 1. The highest BCUT2D eigenvalue weighted by molar-refractivity contribution is 5.90. The smallest absolute Gasteiger partial charge is 0.319 e. The van der Waals surface area contributed by atoms with E-state index in [4.69, 9.17) is 0 Å². The second kappa shape index (κ2) is 8.40. The minimum Gasteiger partial charge on any atom is -0.367 e. The van der Waals surface area contributed by atoms with Gasteiger partial charge in [-0.3, -0.25) is 0 Å². The van der Waals surface area contributed by atoms with Crippen molar-refractivity contribution in [3.63, 3.8) is 0 Å². The molecule has 0 aliphatic carbocycles. The number of pyridine rings is 1. The summed E-state index contributed by atoms with van der Waals surface area (Å²) in [7, 11) is 0. The van der Waals surface area contributed by atoms with Gasteiger partial charge in [-0.05, 0) is 55.7 Å². The molecule has 0 aliphatic heterocycles. The van der Waals surface area contributed by atoms with Gasteiger partial charge in [0, 0.05) is 24.2 Å². The van der Waals surface area contributed by atoms with Crippen molar-refractivity contribution in [2.75, 3.05) is 23.7 Å². The molecule has 142 valence electrons. The van der Waals surface area contributed by atoms with Crippen molar-refractivity contribution >= 4 is 28.4 Å². The topological polar surface area (TPSA) is 89.8 Å². The van der Waals surface area contributed by atoms with Crippen LogP contribution in [0, 0.1) is 32.1 Å². The fourth-order valence-electron chi connectivity index (χ4n) is 3.09. The molecule has 3 aromatic rings. The molecular weight excluding hydrogens is 350 g/mol. The average Bonchev–Trinajstić information content (AvgIpc) is 2.66. The summed E-state index contributed by atoms with van der Waals surface area (Å²) in [6.07, 6.45) is 0. The Morgan fingerprint density at radius 3 is 2.61 bits per heavy atom. The Balaban J connectivity index is 1.61. The SMILES string of the molecule is Cc1cc(C)c2cc(C#N)c(NCCNC(=O)Nc3ccccc3C)nc2c1. The lowest BCUT2D eigenvalue weighted by Gasteiger charge is -2.12.